The predicted octanol–water partition coefficient (Wildman–Crippen LogP) is 2.92. The SMILES string of the molecule is CCOc1ccc(N(C)CCCCC(=O)O)cc1F. The van der Waals surface area contributed by atoms with E-state index in [1.807, 2.05) is 18.9 Å². The van der Waals surface area contributed by atoms with Crippen LogP contribution in [0.25, 0.3) is 0 Å². The highest BCUT2D eigenvalue weighted by Gasteiger charge is 2.07. The maximum absolute atomic E-state index is 13.7. The molecule has 0 heterocycles. The first kappa shape index (κ1) is 15.3. The molecule has 1 aromatic carbocycles. The molecule has 0 aromatic heterocycles. The molecule has 0 saturated carbocycles. The van der Waals surface area contributed by atoms with Crippen molar-refractivity contribution in [2.75, 3.05) is 25.1 Å². The highest BCUT2D eigenvalue weighted by molar-refractivity contribution is 5.66. The summed E-state index contributed by atoms with van der Waals surface area (Å²) in [6.07, 6.45) is 1.56. The van der Waals surface area contributed by atoms with E-state index in [1.54, 1.807) is 12.1 Å². The van der Waals surface area contributed by atoms with Crippen LogP contribution < -0.4 is 9.64 Å². The van der Waals surface area contributed by atoms with Crippen molar-refractivity contribution in [3.8, 4) is 5.75 Å². The van der Waals surface area contributed by atoms with Crippen molar-refractivity contribution in [2.45, 2.75) is 26.2 Å². The van der Waals surface area contributed by atoms with E-state index in [4.69, 9.17) is 9.84 Å². The summed E-state index contributed by atoms with van der Waals surface area (Å²) in [5, 5.41) is 8.54. The Morgan fingerprint density at radius 2 is 2.16 bits per heavy atom. The largest absolute Gasteiger partial charge is 0.491 e. The molecule has 19 heavy (non-hydrogen) atoms. The van der Waals surface area contributed by atoms with E-state index in [9.17, 15) is 9.18 Å². The molecular formula is C14H20FNO3. The third kappa shape index (κ3) is 5.16. The van der Waals surface area contributed by atoms with E-state index in [1.165, 1.54) is 6.07 Å². The van der Waals surface area contributed by atoms with Crippen LogP contribution in [0.5, 0.6) is 5.75 Å². The van der Waals surface area contributed by atoms with Gasteiger partial charge in [-0.05, 0) is 31.9 Å². The number of carboxylic acids is 1. The Morgan fingerprint density at radius 3 is 2.74 bits per heavy atom. The van der Waals surface area contributed by atoms with Gasteiger partial charge >= 0.3 is 5.97 Å². The number of benzene rings is 1. The maximum Gasteiger partial charge on any atom is 0.303 e. The molecular weight excluding hydrogens is 249 g/mol. The van der Waals surface area contributed by atoms with Crippen LogP contribution in [-0.4, -0.2) is 31.3 Å². The zero-order valence-electron chi connectivity index (χ0n) is 11.4. The van der Waals surface area contributed by atoms with Crippen LogP contribution in [0.4, 0.5) is 10.1 Å². The van der Waals surface area contributed by atoms with Gasteiger partial charge in [0.1, 0.15) is 0 Å². The highest BCUT2D eigenvalue weighted by atomic mass is 19.1. The van der Waals surface area contributed by atoms with Crippen molar-refractivity contribution in [2.24, 2.45) is 0 Å². The average molecular weight is 269 g/mol. The van der Waals surface area contributed by atoms with Crippen molar-refractivity contribution in [3.05, 3.63) is 24.0 Å². The van der Waals surface area contributed by atoms with Crippen LogP contribution in [-0.2, 0) is 4.79 Å². The topological polar surface area (TPSA) is 49.8 Å². The fraction of sp³-hybridized carbons (Fsp3) is 0.500. The number of rotatable bonds is 8. The van der Waals surface area contributed by atoms with Crippen molar-refractivity contribution in [1.29, 1.82) is 0 Å². The minimum Gasteiger partial charge on any atom is -0.491 e. The van der Waals surface area contributed by atoms with Crippen molar-refractivity contribution in [3.63, 3.8) is 0 Å². The number of carboxylic acid groups (broad SMARTS) is 1. The van der Waals surface area contributed by atoms with E-state index in [-0.39, 0.29) is 18.0 Å². The smallest absolute Gasteiger partial charge is 0.303 e. The van der Waals surface area contributed by atoms with Crippen LogP contribution >= 0.6 is 0 Å². The van der Waals surface area contributed by atoms with Gasteiger partial charge in [-0.15, -0.1) is 0 Å². The normalized spacial score (nSPS) is 10.3. The number of unbranched alkanes of at least 4 members (excludes halogenated alkanes) is 1. The lowest BCUT2D eigenvalue weighted by atomic mass is 10.2. The van der Waals surface area contributed by atoms with Crippen LogP contribution in [0.2, 0.25) is 0 Å². The first-order chi connectivity index (χ1) is 9.04. The third-order valence-electron chi connectivity index (χ3n) is 2.79. The Bertz CT molecular complexity index is 423. The van der Waals surface area contributed by atoms with Crippen molar-refractivity contribution >= 4 is 11.7 Å². The molecule has 5 heteroatoms. The van der Waals surface area contributed by atoms with Gasteiger partial charge in [0.25, 0.3) is 0 Å². The van der Waals surface area contributed by atoms with Crippen LogP contribution in [0.3, 0.4) is 0 Å². The van der Waals surface area contributed by atoms with Crippen LogP contribution in [0.1, 0.15) is 26.2 Å². The van der Waals surface area contributed by atoms with Gasteiger partial charge in [0.05, 0.1) is 6.61 Å². The molecule has 0 aliphatic rings. The zero-order valence-corrected chi connectivity index (χ0v) is 11.4. The Kier molecular flexibility index (Phi) is 6.12. The van der Waals surface area contributed by atoms with Gasteiger partial charge in [-0.1, -0.05) is 0 Å². The standard InChI is InChI=1S/C14H20FNO3/c1-3-19-13-8-7-11(10-12(13)15)16(2)9-5-4-6-14(17)18/h7-8,10H,3-6,9H2,1-2H3,(H,17,18). The first-order valence-electron chi connectivity index (χ1n) is 6.40. The van der Waals surface area contributed by atoms with Gasteiger partial charge in [0.15, 0.2) is 11.6 Å². The summed E-state index contributed by atoms with van der Waals surface area (Å²) in [6.45, 7) is 2.93. The van der Waals surface area contributed by atoms with Crippen LogP contribution in [0, 0.1) is 5.82 Å². The number of hydrogen-bond acceptors (Lipinski definition) is 3. The lowest BCUT2D eigenvalue weighted by Crippen LogP contribution is -2.18. The van der Waals surface area contributed by atoms with Crippen molar-refractivity contribution < 1.29 is 19.0 Å². The molecule has 0 aliphatic heterocycles. The number of carbonyl (C=O) groups is 1. The second kappa shape index (κ2) is 7.61. The number of hydrogen-bond donors (Lipinski definition) is 1. The van der Waals surface area contributed by atoms with Gasteiger partial charge < -0.3 is 14.7 Å². The number of anilines is 1. The second-order valence-electron chi connectivity index (χ2n) is 4.32. The summed E-state index contributed by atoms with van der Waals surface area (Å²) in [7, 11) is 1.86. The average Bonchev–Trinajstić information content (AvgIpc) is 2.36. The number of halogens is 1. The molecule has 0 atom stereocenters. The summed E-state index contributed by atoms with van der Waals surface area (Å²) >= 11 is 0. The van der Waals surface area contributed by atoms with E-state index in [0.29, 0.717) is 19.6 Å². The molecule has 0 saturated heterocycles. The van der Waals surface area contributed by atoms with Gasteiger partial charge in [0.2, 0.25) is 0 Å². The summed E-state index contributed by atoms with van der Waals surface area (Å²) in [6, 6.07) is 4.84. The van der Waals surface area contributed by atoms with Gasteiger partial charge in [-0.3, -0.25) is 4.79 Å². The number of aliphatic carboxylic acids is 1. The summed E-state index contributed by atoms with van der Waals surface area (Å²) in [4.78, 5) is 12.3. The number of ether oxygens (including phenoxy) is 1. The van der Waals surface area contributed by atoms with E-state index >= 15 is 0 Å². The van der Waals surface area contributed by atoms with E-state index in [0.717, 1.165) is 12.1 Å². The van der Waals surface area contributed by atoms with E-state index in [2.05, 4.69) is 0 Å². The zero-order chi connectivity index (χ0) is 14.3. The third-order valence-corrected chi connectivity index (χ3v) is 2.79. The molecule has 1 N–H and O–H groups in total. The Labute approximate surface area is 112 Å². The summed E-state index contributed by atoms with van der Waals surface area (Å²) < 4.78 is 18.8. The molecule has 0 spiro atoms. The monoisotopic (exact) mass is 269 g/mol. The second-order valence-corrected chi connectivity index (χ2v) is 4.32. The predicted molar refractivity (Wildman–Crippen MR) is 72.3 cm³/mol. The van der Waals surface area contributed by atoms with Crippen molar-refractivity contribution in [1.82, 2.24) is 0 Å². The fourth-order valence-corrected chi connectivity index (χ4v) is 1.75. The quantitative estimate of drug-likeness (QED) is 0.737. The summed E-state index contributed by atoms with van der Waals surface area (Å²) in [5.74, 6) is -0.906. The van der Waals surface area contributed by atoms with Crippen LogP contribution in [0.15, 0.2) is 18.2 Å². The molecule has 0 amide bonds. The minimum atomic E-state index is -0.783. The molecule has 106 valence electrons. The molecule has 1 rings (SSSR count). The van der Waals surface area contributed by atoms with Gasteiger partial charge in [-0.2, -0.15) is 0 Å². The lowest BCUT2D eigenvalue weighted by molar-refractivity contribution is -0.137. The molecule has 0 unspecified atom stereocenters. The van der Waals surface area contributed by atoms with Gasteiger partial charge in [-0.25, -0.2) is 4.39 Å². The molecule has 0 fully saturated rings. The molecule has 0 aliphatic carbocycles. The fourth-order valence-electron chi connectivity index (χ4n) is 1.75. The minimum absolute atomic E-state index is 0.172. The molecule has 4 nitrogen and oxygen atoms in total. The first-order valence-corrected chi connectivity index (χ1v) is 6.40. The Morgan fingerprint density at radius 1 is 1.42 bits per heavy atom. The van der Waals surface area contributed by atoms with Gasteiger partial charge in [0, 0.05) is 31.8 Å². The molecule has 0 bridgehead atoms. The lowest BCUT2D eigenvalue weighted by Gasteiger charge is -2.19. The maximum atomic E-state index is 13.7. The summed E-state index contributed by atoms with van der Waals surface area (Å²) in [5.41, 5.74) is 0.760. The van der Waals surface area contributed by atoms with E-state index < -0.39 is 5.97 Å². The Hall–Kier alpha value is -1.78. The number of nitrogens with zero attached hydrogens (tertiary/aromatic N) is 1. The molecule has 1 aromatic rings. The molecule has 0 radical (unpaired) electrons. The Balaban J connectivity index is 2.50. The highest BCUT2D eigenvalue weighted by Crippen LogP contribution is 2.23.